The lowest BCUT2D eigenvalue weighted by molar-refractivity contribution is 0.415. The Labute approximate surface area is 122 Å². The zero-order valence-corrected chi connectivity index (χ0v) is 11.8. The first-order valence-electron chi connectivity index (χ1n) is 6.41. The summed E-state index contributed by atoms with van der Waals surface area (Å²) in [5.41, 5.74) is 6.65. The number of aromatic nitrogens is 2. The van der Waals surface area contributed by atoms with E-state index in [9.17, 15) is 0 Å². The fourth-order valence-electron chi connectivity index (χ4n) is 1.97. The summed E-state index contributed by atoms with van der Waals surface area (Å²) in [6.07, 6.45) is 2.27. The molecule has 3 N–H and O–H groups in total. The summed E-state index contributed by atoms with van der Waals surface area (Å²) in [6.45, 7) is 0. The van der Waals surface area contributed by atoms with E-state index in [4.69, 9.17) is 22.1 Å². The topological polar surface area (TPSA) is 73.1 Å². The van der Waals surface area contributed by atoms with Gasteiger partial charge in [-0.05, 0) is 31.0 Å². The number of nitrogens with zero attached hydrogens (tertiary/aromatic N) is 2. The quantitative estimate of drug-likeness (QED) is 0.903. The molecule has 0 amide bonds. The van der Waals surface area contributed by atoms with E-state index in [1.807, 2.05) is 6.07 Å². The molecule has 0 saturated heterocycles. The zero-order chi connectivity index (χ0) is 14.1. The summed E-state index contributed by atoms with van der Waals surface area (Å²) < 4.78 is 5.12. The molecule has 0 radical (unpaired) electrons. The largest absolute Gasteiger partial charge is 0.495 e. The number of nitrogens with two attached hydrogens (primary N) is 1. The number of nitrogen functional groups attached to an aromatic ring is 1. The maximum atomic E-state index is 6.10. The van der Waals surface area contributed by atoms with E-state index in [0.717, 1.165) is 24.4 Å². The van der Waals surface area contributed by atoms with Gasteiger partial charge in [0.1, 0.15) is 23.2 Å². The summed E-state index contributed by atoms with van der Waals surface area (Å²) in [6, 6.07) is 7.18. The van der Waals surface area contributed by atoms with Crippen LogP contribution < -0.4 is 15.8 Å². The molecule has 0 unspecified atom stereocenters. The van der Waals surface area contributed by atoms with Crippen molar-refractivity contribution < 1.29 is 4.74 Å². The monoisotopic (exact) mass is 290 g/mol. The highest BCUT2D eigenvalue weighted by Gasteiger charge is 2.27. The highest BCUT2D eigenvalue weighted by atomic mass is 35.5. The molecule has 3 rings (SSSR count). The Hall–Kier alpha value is -2.01. The number of benzene rings is 1. The molecule has 5 nitrogen and oxygen atoms in total. The Morgan fingerprint density at radius 3 is 2.75 bits per heavy atom. The van der Waals surface area contributed by atoms with Crippen LogP contribution in [0.25, 0.3) is 0 Å². The molecule has 1 aliphatic rings. The maximum absolute atomic E-state index is 6.10. The lowest BCUT2D eigenvalue weighted by Gasteiger charge is -2.10. The number of nitrogens with one attached hydrogen (secondary N) is 1. The van der Waals surface area contributed by atoms with Gasteiger partial charge in [0.15, 0.2) is 0 Å². The number of ether oxygens (including phenoxy) is 1. The Morgan fingerprint density at radius 2 is 2.10 bits per heavy atom. The standard InChI is InChI=1S/C14H15ClN4O/c1-20-11-5-4-9(6-10(11)15)17-13-7-12(16)18-14(19-13)8-2-3-8/h4-8H,2-3H2,1H3,(H3,16,17,18,19). The zero-order valence-electron chi connectivity index (χ0n) is 11.1. The van der Waals surface area contributed by atoms with E-state index in [2.05, 4.69) is 15.3 Å². The van der Waals surface area contributed by atoms with Crippen LogP contribution in [0.1, 0.15) is 24.6 Å². The van der Waals surface area contributed by atoms with Crippen LogP contribution in [0.5, 0.6) is 5.75 Å². The van der Waals surface area contributed by atoms with Crippen molar-refractivity contribution in [2.75, 3.05) is 18.2 Å². The summed E-state index contributed by atoms with van der Waals surface area (Å²) in [4.78, 5) is 8.75. The SMILES string of the molecule is COc1ccc(Nc2cc(N)nc(C3CC3)n2)cc1Cl. The van der Waals surface area contributed by atoms with Gasteiger partial charge in [-0.3, -0.25) is 0 Å². The molecule has 1 aromatic carbocycles. The minimum absolute atomic E-state index is 0.457. The number of rotatable bonds is 4. The summed E-state index contributed by atoms with van der Waals surface area (Å²) in [7, 11) is 1.58. The van der Waals surface area contributed by atoms with Crippen molar-refractivity contribution in [1.82, 2.24) is 9.97 Å². The van der Waals surface area contributed by atoms with Gasteiger partial charge in [-0.25, -0.2) is 9.97 Å². The number of halogens is 1. The first-order chi connectivity index (χ1) is 9.65. The van der Waals surface area contributed by atoms with Gasteiger partial charge in [0.05, 0.1) is 12.1 Å². The normalized spacial score (nSPS) is 14.1. The van der Waals surface area contributed by atoms with Crippen molar-refractivity contribution in [3.8, 4) is 5.75 Å². The van der Waals surface area contributed by atoms with Crippen LogP contribution in [0.4, 0.5) is 17.3 Å². The molecular formula is C14H15ClN4O. The van der Waals surface area contributed by atoms with Gasteiger partial charge in [0.2, 0.25) is 0 Å². The minimum Gasteiger partial charge on any atom is -0.495 e. The van der Waals surface area contributed by atoms with E-state index in [1.54, 1.807) is 25.3 Å². The van der Waals surface area contributed by atoms with E-state index in [1.165, 1.54) is 0 Å². The molecule has 1 aliphatic carbocycles. The third-order valence-corrected chi connectivity index (χ3v) is 3.43. The Bertz CT molecular complexity index is 643. The van der Waals surface area contributed by atoms with Crippen molar-refractivity contribution in [3.05, 3.63) is 35.1 Å². The second kappa shape index (κ2) is 5.17. The van der Waals surface area contributed by atoms with Crippen LogP contribution in [0.3, 0.4) is 0 Å². The van der Waals surface area contributed by atoms with Crippen molar-refractivity contribution >= 4 is 28.9 Å². The van der Waals surface area contributed by atoms with Gasteiger partial charge >= 0.3 is 0 Å². The predicted molar refractivity (Wildman–Crippen MR) is 79.7 cm³/mol. The highest BCUT2D eigenvalue weighted by molar-refractivity contribution is 6.32. The van der Waals surface area contributed by atoms with Gasteiger partial charge in [-0.15, -0.1) is 0 Å². The molecule has 1 heterocycles. The van der Waals surface area contributed by atoms with E-state index >= 15 is 0 Å². The van der Waals surface area contributed by atoms with E-state index in [0.29, 0.717) is 28.3 Å². The molecule has 2 aromatic rings. The van der Waals surface area contributed by atoms with Crippen LogP contribution in [0, 0.1) is 0 Å². The van der Waals surface area contributed by atoms with Crippen molar-refractivity contribution in [2.24, 2.45) is 0 Å². The van der Waals surface area contributed by atoms with Crippen LogP contribution in [-0.2, 0) is 0 Å². The molecule has 1 fully saturated rings. The molecule has 0 atom stereocenters. The van der Waals surface area contributed by atoms with Gasteiger partial charge in [0, 0.05) is 17.7 Å². The predicted octanol–water partition coefficient (Wildman–Crippen LogP) is 3.34. The molecule has 1 saturated carbocycles. The third kappa shape index (κ3) is 2.77. The maximum Gasteiger partial charge on any atom is 0.137 e. The second-order valence-electron chi connectivity index (χ2n) is 4.78. The average Bonchev–Trinajstić information content (AvgIpc) is 3.22. The van der Waals surface area contributed by atoms with Gasteiger partial charge < -0.3 is 15.8 Å². The molecule has 0 aliphatic heterocycles. The van der Waals surface area contributed by atoms with E-state index < -0.39 is 0 Å². The van der Waals surface area contributed by atoms with Gasteiger partial charge in [-0.2, -0.15) is 0 Å². The first-order valence-corrected chi connectivity index (χ1v) is 6.78. The highest BCUT2D eigenvalue weighted by Crippen LogP contribution is 2.39. The third-order valence-electron chi connectivity index (χ3n) is 3.13. The Morgan fingerprint density at radius 1 is 1.30 bits per heavy atom. The van der Waals surface area contributed by atoms with Crippen molar-refractivity contribution in [2.45, 2.75) is 18.8 Å². The van der Waals surface area contributed by atoms with E-state index in [-0.39, 0.29) is 0 Å². The molecule has 20 heavy (non-hydrogen) atoms. The van der Waals surface area contributed by atoms with Gasteiger partial charge in [-0.1, -0.05) is 11.6 Å². The molecule has 104 valence electrons. The summed E-state index contributed by atoms with van der Waals surface area (Å²) in [5.74, 6) is 3.06. The van der Waals surface area contributed by atoms with Crippen molar-refractivity contribution in [1.29, 1.82) is 0 Å². The number of methoxy groups -OCH3 is 1. The van der Waals surface area contributed by atoms with Crippen molar-refractivity contribution in [3.63, 3.8) is 0 Å². The number of anilines is 3. The molecular weight excluding hydrogens is 276 g/mol. The first kappa shape index (κ1) is 13.0. The molecule has 0 spiro atoms. The summed E-state index contributed by atoms with van der Waals surface area (Å²) in [5, 5.41) is 3.73. The lowest BCUT2D eigenvalue weighted by Crippen LogP contribution is -2.02. The summed E-state index contributed by atoms with van der Waals surface area (Å²) >= 11 is 6.10. The van der Waals surface area contributed by atoms with Crippen LogP contribution in [0.2, 0.25) is 5.02 Å². The second-order valence-corrected chi connectivity index (χ2v) is 5.19. The molecule has 1 aromatic heterocycles. The number of hydrogen-bond donors (Lipinski definition) is 2. The van der Waals surface area contributed by atoms with Crippen LogP contribution in [0.15, 0.2) is 24.3 Å². The number of hydrogen-bond acceptors (Lipinski definition) is 5. The smallest absolute Gasteiger partial charge is 0.137 e. The Kier molecular flexibility index (Phi) is 3.36. The Balaban J connectivity index is 1.85. The fraction of sp³-hybridized carbons (Fsp3) is 0.286. The fourth-order valence-corrected chi connectivity index (χ4v) is 2.22. The molecule has 6 heteroatoms. The van der Waals surface area contributed by atoms with Crippen LogP contribution >= 0.6 is 11.6 Å². The minimum atomic E-state index is 0.457. The van der Waals surface area contributed by atoms with Crippen LogP contribution in [-0.4, -0.2) is 17.1 Å². The molecule has 0 bridgehead atoms. The lowest BCUT2D eigenvalue weighted by atomic mass is 10.3. The average molecular weight is 291 g/mol. The van der Waals surface area contributed by atoms with Gasteiger partial charge in [0.25, 0.3) is 0 Å².